The standard InChI is InChI=1S/C19H26O3/c1-5-19(4)9-8-12-11-6-7-15(21)18(2,3)13(11)10-14(20)16(12)17(19)22/h5,10,15,17,20-22H,1,6-9H2,2-4H3/t15-,17-,19+/m1/s1. The van der Waals surface area contributed by atoms with Crippen molar-refractivity contribution in [3.63, 3.8) is 0 Å². The molecule has 0 aliphatic heterocycles. The van der Waals surface area contributed by atoms with Gasteiger partial charge in [-0.1, -0.05) is 26.8 Å². The molecular weight excluding hydrogens is 276 g/mol. The number of aliphatic hydroxyl groups excluding tert-OH is 2. The Bertz CT molecular complexity index is 632. The first-order chi connectivity index (χ1) is 10.2. The number of hydrogen-bond acceptors (Lipinski definition) is 3. The summed E-state index contributed by atoms with van der Waals surface area (Å²) in [6.07, 6.45) is 3.86. The lowest BCUT2D eigenvalue weighted by molar-refractivity contribution is 0.0509. The second-order valence-electron chi connectivity index (χ2n) is 7.70. The molecule has 0 aromatic heterocycles. The molecule has 3 heteroatoms. The number of phenols is 1. The topological polar surface area (TPSA) is 60.7 Å². The number of aliphatic hydroxyl groups is 2. The summed E-state index contributed by atoms with van der Waals surface area (Å²) in [5, 5.41) is 31.6. The minimum atomic E-state index is -0.728. The van der Waals surface area contributed by atoms with Crippen LogP contribution in [-0.4, -0.2) is 21.4 Å². The van der Waals surface area contributed by atoms with E-state index in [1.54, 1.807) is 12.1 Å². The van der Waals surface area contributed by atoms with Crippen molar-refractivity contribution in [2.24, 2.45) is 5.41 Å². The lowest BCUT2D eigenvalue weighted by atomic mass is 9.64. The van der Waals surface area contributed by atoms with Crippen molar-refractivity contribution in [3.8, 4) is 5.75 Å². The molecule has 0 unspecified atom stereocenters. The van der Waals surface area contributed by atoms with Gasteiger partial charge in [-0.15, -0.1) is 6.58 Å². The Kier molecular flexibility index (Phi) is 3.42. The highest BCUT2D eigenvalue weighted by atomic mass is 16.3. The number of rotatable bonds is 1. The van der Waals surface area contributed by atoms with Crippen LogP contribution in [0.25, 0.3) is 0 Å². The van der Waals surface area contributed by atoms with Gasteiger partial charge in [0.2, 0.25) is 0 Å². The molecule has 3 atom stereocenters. The predicted octanol–water partition coefficient (Wildman–Crippen LogP) is 3.15. The van der Waals surface area contributed by atoms with Crippen molar-refractivity contribution in [1.29, 1.82) is 0 Å². The molecule has 3 N–H and O–H groups in total. The van der Waals surface area contributed by atoms with Crippen molar-refractivity contribution >= 4 is 0 Å². The van der Waals surface area contributed by atoms with Crippen LogP contribution in [0.3, 0.4) is 0 Å². The highest BCUT2D eigenvalue weighted by Gasteiger charge is 2.43. The lowest BCUT2D eigenvalue weighted by Gasteiger charge is -2.43. The van der Waals surface area contributed by atoms with Crippen LogP contribution in [-0.2, 0) is 18.3 Å². The van der Waals surface area contributed by atoms with Crippen molar-refractivity contribution in [2.45, 2.75) is 64.1 Å². The van der Waals surface area contributed by atoms with Crippen LogP contribution in [0.5, 0.6) is 5.75 Å². The first-order valence-electron chi connectivity index (χ1n) is 8.10. The Balaban J connectivity index is 2.22. The molecule has 2 aliphatic carbocycles. The summed E-state index contributed by atoms with van der Waals surface area (Å²) in [4.78, 5) is 0. The first-order valence-corrected chi connectivity index (χ1v) is 8.10. The molecule has 0 bridgehead atoms. The van der Waals surface area contributed by atoms with E-state index in [0.717, 1.165) is 36.8 Å². The maximum atomic E-state index is 10.8. The molecule has 120 valence electrons. The number of phenolic OH excluding ortho intramolecular Hbond substituents is 1. The molecule has 0 radical (unpaired) electrons. The SMILES string of the molecule is C=C[C@@]1(C)CCc2c3c(cc(O)c2[C@H]1O)C(C)(C)[C@H](O)CC3. The van der Waals surface area contributed by atoms with E-state index in [9.17, 15) is 15.3 Å². The van der Waals surface area contributed by atoms with Crippen molar-refractivity contribution in [2.75, 3.05) is 0 Å². The van der Waals surface area contributed by atoms with Crippen molar-refractivity contribution in [1.82, 2.24) is 0 Å². The maximum absolute atomic E-state index is 10.8. The van der Waals surface area contributed by atoms with Gasteiger partial charge in [0, 0.05) is 16.4 Å². The third kappa shape index (κ3) is 1.95. The number of hydrogen-bond donors (Lipinski definition) is 3. The van der Waals surface area contributed by atoms with Crippen molar-refractivity contribution < 1.29 is 15.3 Å². The first kappa shape index (κ1) is 15.6. The van der Waals surface area contributed by atoms with E-state index in [0.29, 0.717) is 5.56 Å². The van der Waals surface area contributed by atoms with Crippen LogP contribution in [0.1, 0.15) is 62.0 Å². The summed E-state index contributed by atoms with van der Waals surface area (Å²) >= 11 is 0. The van der Waals surface area contributed by atoms with Crippen LogP contribution in [0.4, 0.5) is 0 Å². The molecule has 0 spiro atoms. The largest absolute Gasteiger partial charge is 0.508 e. The molecule has 1 aromatic carbocycles. The van der Waals surface area contributed by atoms with Crippen LogP contribution in [0.2, 0.25) is 0 Å². The monoisotopic (exact) mass is 302 g/mol. The van der Waals surface area contributed by atoms with Gasteiger partial charge in [-0.25, -0.2) is 0 Å². The summed E-state index contributed by atoms with van der Waals surface area (Å²) in [6.45, 7) is 9.89. The van der Waals surface area contributed by atoms with Gasteiger partial charge < -0.3 is 15.3 Å². The number of aromatic hydroxyl groups is 1. The summed E-state index contributed by atoms with van der Waals surface area (Å²) in [5.74, 6) is 0.149. The third-order valence-electron chi connectivity index (χ3n) is 6.04. The lowest BCUT2D eigenvalue weighted by Crippen LogP contribution is -2.40. The van der Waals surface area contributed by atoms with Crippen molar-refractivity contribution in [3.05, 3.63) is 41.0 Å². The van der Waals surface area contributed by atoms with E-state index in [2.05, 4.69) is 6.58 Å². The van der Waals surface area contributed by atoms with Crippen LogP contribution in [0, 0.1) is 5.41 Å². The summed E-state index contributed by atoms with van der Waals surface area (Å²) < 4.78 is 0. The average Bonchev–Trinajstić information content (AvgIpc) is 2.47. The molecule has 0 fully saturated rings. The Hall–Kier alpha value is -1.32. The van der Waals surface area contributed by atoms with E-state index in [1.807, 2.05) is 20.8 Å². The Morgan fingerprint density at radius 1 is 1.18 bits per heavy atom. The molecule has 3 rings (SSSR count). The minimum Gasteiger partial charge on any atom is -0.508 e. The molecule has 0 saturated carbocycles. The summed E-state index contributed by atoms with van der Waals surface area (Å²) in [6, 6.07) is 1.76. The van der Waals surface area contributed by atoms with Gasteiger partial charge in [-0.2, -0.15) is 0 Å². The second-order valence-corrected chi connectivity index (χ2v) is 7.70. The molecule has 1 aromatic rings. The fraction of sp³-hybridized carbons (Fsp3) is 0.579. The van der Waals surface area contributed by atoms with Crippen LogP contribution >= 0.6 is 0 Å². The molecular formula is C19H26O3. The minimum absolute atomic E-state index is 0.149. The molecule has 0 saturated heterocycles. The van der Waals surface area contributed by atoms with Gasteiger partial charge in [0.1, 0.15) is 5.75 Å². The second kappa shape index (κ2) is 4.84. The average molecular weight is 302 g/mol. The van der Waals surface area contributed by atoms with E-state index in [-0.39, 0.29) is 11.2 Å². The maximum Gasteiger partial charge on any atom is 0.122 e. The van der Waals surface area contributed by atoms with E-state index < -0.39 is 17.6 Å². The van der Waals surface area contributed by atoms with Gasteiger partial charge in [-0.05, 0) is 48.4 Å². The Morgan fingerprint density at radius 3 is 2.50 bits per heavy atom. The highest BCUT2D eigenvalue weighted by Crippen LogP contribution is 2.51. The van der Waals surface area contributed by atoms with Crippen LogP contribution < -0.4 is 0 Å². The zero-order valence-corrected chi connectivity index (χ0v) is 13.7. The number of fused-ring (bicyclic) bond motifs is 3. The van der Waals surface area contributed by atoms with Gasteiger partial charge in [0.25, 0.3) is 0 Å². The molecule has 0 heterocycles. The normalized spacial score (nSPS) is 33.0. The highest BCUT2D eigenvalue weighted by molar-refractivity contribution is 5.55. The number of benzene rings is 1. The predicted molar refractivity (Wildman–Crippen MR) is 87.0 cm³/mol. The van der Waals surface area contributed by atoms with Gasteiger partial charge in [-0.3, -0.25) is 0 Å². The van der Waals surface area contributed by atoms with E-state index >= 15 is 0 Å². The summed E-state index contributed by atoms with van der Waals surface area (Å²) in [7, 11) is 0. The van der Waals surface area contributed by atoms with E-state index in [4.69, 9.17) is 0 Å². The quantitative estimate of drug-likeness (QED) is 0.698. The fourth-order valence-electron chi connectivity index (χ4n) is 4.13. The third-order valence-corrected chi connectivity index (χ3v) is 6.04. The zero-order chi connectivity index (χ0) is 16.3. The van der Waals surface area contributed by atoms with E-state index in [1.165, 1.54) is 5.56 Å². The smallest absolute Gasteiger partial charge is 0.122 e. The summed E-state index contributed by atoms with van der Waals surface area (Å²) in [5.41, 5.74) is 3.22. The zero-order valence-electron chi connectivity index (χ0n) is 13.7. The molecule has 0 amide bonds. The molecule has 3 nitrogen and oxygen atoms in total. The van der Waals surface area contributed by atoms with Crippen LogP contribution in [0.15, 0.2) is 18.7 Å². The Morgan fingerprint density at radius 2 is 1.86 bits per heavy atom. The van der Waals surface area contributed by atoms with Gasteiger partial charge in [0.05, 0.1) is 12.2 Å². The molecule has 22 heavy (non-hydrogen) atoms. The van der Waals surface area contributed by atoms with Gasteiger partial charge in [0.15, 0.2) is 0 Å². The Labute approximate surface area is 132 Å². The van der Waals surface area contributed by atoms with Gasteiger partial charge >= 0.3 is 0 Å². The molecule has 2 aliphatic rings. The fourth-order valence-corrected chi connectivity index (χ4v) is 4.13.